The Morgan fingerprint density at radius 1 is 1.08 bits per heavy atom. The number of amidine groups is 1. The number of nitrogens with two attached hydrogens (primary N) is 1. The molecule has 0 bridgehead atoms. The van der Waals surface area contributed by atoms with Crippen molar-refractivity contribution < 1.29 is 33.9 Å². The van der Waals surface area contributed by atoms with E-state index < -0.39 is 29.9 Å². The number of carbonyl (C=O) groups excluding carboxylic acids is 3. The van der Waals surface area contributed by atoms with Gasteiger partial charge in [0.05, 0.1) is 27.1 Å². The fraction of sp³-hybridized carbons (Fsp3) is 0.560. The predicted molar refractivity (Wildman–Crippen MR) is 133 cm³/mol. The van der Waals surface area contributed by atoms with Crippen LogP contribution in [-0.4, -0.2) is 78.9 Å². The number of carbonyl (C=O) groups is 4. The molecule has 2 atom stereocenters. The van der Waals surface area contributed by atoms with Gasteiger partial charge in [-0.1, -0.05) is 43.5 Å². The van der Waals surface area contributed by atoms with Crippen LogP contribution in [0.2, 0.25) is 0 Å². The molecule has 1 aromatic rings. The Bertz CT molecular complexity index is 920. The highest BCUT2D eigenvalue weighted by Crippen LogP contribution is 2.26. The van der Waals surface area contributed by atoms with Crippen LogP contribution >= 0.6 is 0 Å². The van der Waals surface area contributed by atoms with Crippen molar-refractivity contribution in [3.63, 3.8) is 0 Å². The second kappa shape index (κ2) is 14.2. The van der Waals surface area contributed by atoms with Crippen LogP contribution in [0.15, 0.2) is 24.3 Å². The number of hydrogen-bond acceptors (Lipinski definition) is 6. The number of aliphatic carboxylic acids is 2. The first kappa shape index (κ1) is 30.6. The summed E-state index contributed by atoms with van der Waals surface area (Å²) < 4.78 is 0.419. The highest BCUT2D eigenvalue weighted by molar-refractivity contribution is 5.95. The van der Waals surface area contributed by atoms with E-state index in [-0.39, 0.29) is 30.6 Å². The molecule has 0 radical (unpaired) electrons. The molecule has 1 aliphatic carbocycles. The largest absolute Gasteiger partial charge is 0.544 e. The van der Waals surface area contributed by atoms with E-state index in [1.807, 2.05) is 0 Å². The van der Waals surface area contributed by atoms with Gasteiger partial charge in [-0.25, -0.2) is 4.79 Å². The van der Waals surface area contributed by atoms with Crippen molar-refractivity contribution >= 4 is 29.6 Å². The average Bonchev–Trinajstić information content (AvgIpc) is 2.76. The fourth-order valence-electron chi connectivity index (χ4n) is 4.00. The van der Waals surface area contributed by atoms with Crippen molar-refractivity contribution in [2.45, 2.75) is 57.5 Å². The molecule has 1 saturated carbocycles. The molecule has 0 spiro atoms. The smallest absolute Gasteiger partial charge is 0.326 e. The second-order valence-corrected chi connectivity index (χ2v) is 10.1. The SMILES string of the molecule is CC(=O)N[C@@H](Cc1ccc(C(=N)N)cc1)C(=O)N[C@H](C(=O)O)C1CCCCC1.C[N+](C)(C)CC(=O)[O-]. The topological polar surface area (TPSA) is 185 Å². The molecule has 200 valence electrons. The van der Waals surface area contributed by atoms with E-state index in [4.69, 9.17) is 11.1 Å². The number of rotatable bonds is 10. The number of carboxylic acid groups (broad SMARTS) is 2. The van der Waals surface area contributed by atoms with Crippen molar-refractivity contribution in [2.75, 3.05) is 27.7 Å². The average molecular weight is 506 g/mol. The summed E-state index contributed by atoms with van der Waals surface area (Å²) in [4.78, 5) is 45.9. The third-order valence-electron chi connectivity index (χ3n) is 5.69. The van der Waals surface area contributed by atoms with E-state index in [0.29, 0.717) is 10.0 Å². The maximum atomic E-state index is 12.8. The number of nitrogens with zero attached hydrogens (tertiary/aromatic N) is 1. The first-order valence-corrected chi connectivity index (χ1v) is 11.9. The molecule has 11 heteroatoms. The maximum Gasteiger partial charge on any atom is 0.326 e. The molecule has 0 unspecified atom stereocenters. The highest BCUT2D eigenvalue weighted by Gasteiger charge is 2.33. The lowest BCUT2D eigenvalue weighted by Gasteiger charge is -2.29. The molecule has 1 aliphatic rings. The second-order valence-electron chi connectivity index (χ2n) is 10.1. The Balaban J connectivity index is 0.000000697. The first-order chi connectivity index (χ1) is 16.7. The summed E-state index contributed by atoms with van der Waals surface area (Å²) in [6.07, 6.45) is 4.76. The minimum atomic E-state index is -1.05. The van der Waals surface area contributed by atoms with E-state index in [9.17, 15) is 29.4 Å². The minimum absolute atomic E-state index is 0.0560. The normalized spacial score (nSPS) is 15.4. The van der Waals surface area contributed by atoms with Gasteiger partial charge in [-0.2, -0.15) is 0 Å². The Kier molecular flexibility index (Phi) is 12.0. The summed E-state index contributed by atoms with van der Waals surface area (Å²) in [7, 11) is 5.40. The summed E-state index contributed by atoms with van der Waals surface area (Å²) >= 11 is 0. The van der Waals surface area contributed by atoms with Crippen LogP contribution < -0.4 is 21.5 Å². The van der Waals surface area contributed by atoms with Crippen LogP contribution in [0.5, 0.6) is 0 Å². The van der Waals surface area contributed by atoms with Crippen LogP contribution in [0.25, 0.3) is 0 Å². The summed E-state index contributed by atoms with van der Waals surface area (Å²) in [6, 6.07) is 4.96. The van der Waals surface area contributed by atoms with Crippen LogP contribution in [0, 0.1) is 11.3 Å². The van der Waals surface area contributed by atoms with Crippen molar-refractivity contribution in [1.82, 2.24) is 10.6 Å². The maximum absolute atomic E-state index is 12.8. The Hall–Kier alpha value is -3.47. The van der Waals surface area contributed by atoms with Crippen molar-refractivity contribution in [1.29, 1.82) is 5.41 Å². The zero-order chi connectivity index (χ0) is 27.5. The van der Waals surface area contributed by atoms with Crippen LogP contribution in [-0.2, 0) is 25.6 Å². The third-order valence-corrected chi connectivity index (χ3v) is 5.69. The lowest BCUT2D eigenvalue weighted by Crippen LogP contribution is -2.54. The van der Waals surface area contributed by atoms with Gasteiger partial charge >= 0.3 is 5.97 Å². The molecule has 0 aliphatic heterocycles. The lowest BCUT2D eigenvalue weighted by atomic mass is 9.83. The zero-order valence-electron chi connectivity index (χ0n) is 21.5. The quantitative estimate of drug-likeness (QED) is 0.163. The molecule has 2 amide bonds. The Labute approximate surface area is 212 Å². The van der Waals surface area contributed by atoms with Gasteiger partial charge in [-0.05, 0) is 24.3 Å². The highest BCUT2D eigenvalue weighted by atomic mass is 16.4. The Morgan fingerprint density at radius 2 is 1.64 bits per heavy atom. The van der Waals surface area contributed by atoms with Gasteiger partial charge in [-0.3, -0.25) is 15.0 Å². The molecule has 1 aromatic carbocycles. The van der Waals surface area contributed by atoms with Gasteiger partial charge in [0.1, 0.15) is 24.5 Å². The Morgan fingerprint density at radius 3 is 2.03 bits per heavy atom. The number of nitrogen functional groups attached to an aromatic ring is 1. The first-order valence-electron chi connectivity index (χ1n) is 11.9. The van der Waals surface area contributed by atoms with Crippen LogP contribution in [0.4, 0.5) is 0 Å². The number of hydrogen-bond donors (Lipinski definition) is 5. The third kappa shape index (κ3) is 11.8. The summed E-state index contributed by atoms with van der Waals surface area (Å²) in [5.41, 5.74) is 6.77. The standard InChI is InChI=1S/C20H28N4O4.C5H11NO2/c1-12(25)23-16(11-13-7-9-15(10-8-13)18(21)22)19(26)24-17(20(27)28)14-5-3-2-4-6-14;1-6(2,3)4-5(7)8/h7-10,14,16-17H,2-6,11H2,1H3,(H3,21,22)(H,23,25)(H,24,26)(H,27,28);4H2,1-3H3/t16-,17-;/m0./s1. The van der Waals surface area contributed by atoms with Crippen molar-refractivity contribution in [3.8, 4) is 0 Å². The number of benzene rings is 1. The molecule has 6 N–H and O–H groups in total. The van der Waals surface area contributed by atoms with Crippen molar-refractivity contribution in [3.05, 3.63) is 35.4 Å². The van der Waals surface area contributed by atoms with E-state index in [2.05, 4.69) is 10.6 Å². The molecule has 0 aromatic heterocycles. The van der Waals surface area contributed by atoms with E-state index in [1.165, 1.54) is 6.92 Å². The van der Waals surface area contributed by atoms with Gasteiger partial charge in [-0.15, -0.1) is 0 Å². The summed E-state index contributed by atoms with van der Waals surface area (Å²) in [5, 5.41) is 32.1. The van der Waals surface area contributed by atoms with Crippen LogP contribution in [0.3, 0.4) is 0 Å². The molecular weight excluding hydrogens is 466 g/mol. The van der Waals surface area contributed by atoms with Crippen molar-refractivity contribution in [2.24, 2.45) is 11.7 Å². The fourth-order valence-corrected chi connectivity index (χ4v) is 4.00. The summed E-state index contributed by atoms with van der Waals surface area (Å²) in [5.74, 6) is -3.08. The van der Waals surface area contributed by atoms with E-state index in [0.717, 1.165) is 37.7 Å². The molecule has 0 saturated heterocycles. The molecule has 36 heavy (non-hydrogen) atoms. The van der Waals surface area contributed by atoms with Gasteiger partial charge in [0.15, 0.2) is 0 Å². The number of amides is 2. The van der Waals surface area contributed by atoms with E-state index in [1.54, 1.807) is 45.4 Å². The molecule has 11 nitrogen and oxygen atoms in total. The molecule has 1 fully saturated rings. The zero-order valence-corrected chi connectivity index (χ0v) is 21.5. The van der Waals surface area contributed by atoms with Gasteiger partial charge in [0.2, 0.25) is 11.8 Å². The van der Waals surface area contributed by atoms with Gasteiger partial charge in [0.25, 0.3) is 0 Å². The number of likely N-dealkylation sites (N-methyl/N-ethyl adjacent to an activating group) is 1. The lowest BCUT2D eigenvalue weighted by molar-refractivity contribution is -0.864. The van der Waals surface area contributed by atoms with E-state index >= 15 is 0 Å². The predicted octanol–water partition coefficient (Wildman–Crippen LogP) is -0.390. The molecule has 2 rings (SSSR count). The monoisotopic (exact) mass is 505 g/mol. The van der Waals surface area contributed by atoms with Crippen LogP contribution in [0.1, 0.15) is 50.2 Å². The number of nitrogens with one attached hydrogen (secondary N) is 3. The molecular formula is C25H39N5O6. The summed E-state index contributed by atoms with van der Waals surface area (Å²) in [6.45, 7) is 1.38. The molecule has 0 heterocycles. The number of quaternary nitrogens is 1. The number of carboxylic acids is 2. The minimum Gasteiger partial charge on any atom is -0.544 e. The van der Waals surface area contributed by atoms with Gasteiger partial charge < -0.3 is 35.9 Å². The van der Waals surface area contributed by atoms with Gasteiger partial charge in [0, 0.05) is 18.9 Å².